The normalized spacial score (nSPS) is 13.7. The number of carbonyl (C=O) groups excluding carboxylic acids is 2. The lowest BCUT2D eigenvalue weighted by Crippen LogP contribution is -2.42. The van der Waals surface area contributed by atoms with Crippen molar-refractivity contribution in [3.8, 4) is 11.1 Å². The molecule has 0 saturated carbocycles. The lowest BCUT2D eigenvalue weighted by molar-refractivity contribution is -0.143. The Morgan fingerprint density at radius 3 is 2.66 bits per heavy atom. The van der Waals surface area contributed by atoms with Gasteiger partial charge >= 0.3 is 5.97 Å². The summed E-state index contributed by atoms with van der Waals surface area (Å²) in [5.41, 5.74) is 7.14. The van der Waals surface area contributed by atoms with Gasteiger partial charge in [0.2, 0.25) is 5.91 Å². The molecule has 38 heavy (non-hydrogen) atoms. The summed E-state index contributed by atoms with van der Waals surface area (Å²) in [4.78, 5) is 30.8. The molecule has 1 saturated heterocycles. The molecule has 0 N–H and O–H groups in total. The number of carbonyl (C=O) groups is 2. The summed E-state index contributed by atoms with van der Waals surface area (Å²) < 4.78 is 18.4. The molecule has 0 aromatic carbocycles. The fourth-order valence-corrected chi connectivity index (χ4v) is 4.87. The SMILES string of the molecule is CCOC(=O)CCCCc1c(COCC(=O)N2CCOCC2)nn2c(CC)ccc2c1-c1cncc(C)c1. The van der Waals surface area contributed by atoms with Crippen molar-refractivity contribution in [2.75, 3.05) is 39.5 Å². The van der Waals surface area contributed by atoms with E-state index in [9.17, 15) is 9.59 Å². The minimum absolute atomic E-state index is 0.00430. The molecule has 0 bridgehead atoms. The molecule has 0 spiro atoms. The van der Waals surface area contributed by atoms with Gasteiger partial charge in [0.1, 0.15) is 6.61 Å². The summed E-state index contributed by atoms with van der Waals surface area (Å²) >= 11 is 0. The van der Waals surface area contributed by atoms with Gasteiger partial charge in [-0.05, 0) is 68.9 Å². The van der Waals surface area contributed by atoms with Crippen molar-refractivity contribution in [2.45, 2.75) is 59.5 Å². The van der Waals surface area contributed by atoms with Crippen LogP contribution in [0.3, 0.4) is 0 Å². The zero-order valence-corrected chi connectivity index (χ0v) is 22.7. The Kier molecular flexibility index (Phi) is 9.84. The highest BCUT2D eigenvalue weighted by atomic mass is 16.5. The van der Waals surface area contributed by atoms with Crippen LogP contribution in [0.2, 0.25) is 0 Å². The number of morpholine rings is 1. The van der Waals surface area contributed by atoms with Gasteiger partial charge in [0.15, 0.2) is 0 Å². The maximum Gasteiger partial charge on any atom is 0.305 e. The molecule has 4 rings (SSSR count). The van der Waals surface area contributed by atoms with E-state index < -0.39 is 0 Å². The predicted molar refractivity (Wildman–Crippen MR) is 144 cm³/mol. The van der Waals surface area contributed by atoms with Gasteiger partial charge in [-0.25, -0.2) is 4.52 Å². The monoisotopic (exact) mass is 522 g/mol. The third-order valence-electron chi connectivity index (χ3n) is 6.78. The second-order valence-corrected chi connectivity index (χ2v) is 9.52. The van der Waals surface area contributed by atoms with E-state index in [1.54, 1.807) is 4.90 Å². The number of aryl methyl sites for hydroxylation is 2. The molecule has 1 aliphatic heterocycles. The van der Waals surface area contributed by atoms with Gasteiger partial charge in [-0.1, -0.05) is 6.92 Å². The van der Waals surface area contributed by atoms with Gasteiger partial charge in [0.25, 0.3) is 0 Å². The van der Waals surface area contributed by atoms with Crippen LogP contribution in [0, 0.1) is 6.92 Å². The minimum atomic E-state index is -0.173. The molecule has 9 heteroatoms. The standard InChI is InChI=1S/C29H38N4O5/c1-4-23-10-11-26-29(22-16-21(3)17-30-18-22)24(8-6-7-9-28(35)38-5-2)25(31-33(23)26)19-37-20-27(34)32-12-14-36-15-13-32/h10-11,16-18H,4-9,12-15,19-20H2,1-3H3. The summed E-state index contributed by atoms with van der Waals surface area (Å²) in [5.74, 6) is -0.211. The summed E-state index contributed by atoms with van der Waals surface area (Å²) in [6, 6.07) is 6.35. The van der Waals surface area contributed by atoms with Crippen molar-refractivity contribution in [3.05, 3.63) is 53.1 Å². The number of rotatable bonds is 12. The van der Waals surface area contributed by atoms with Gasteiger partial charge in [-0.3, -0.25) is 14.6 Å². The largest absolute Gasteiger partial charge is 0.466 e. The van der Waals surface area contributed by atoms with Crippen molar-refractivity contribution >= 4 is 17.4 Å². The Labute approximate surface area is 224 Å². The minimum Gasteiger partial charge on any atom is -0.466 e. The fourth-order valence-electron chi connectivity index (χ4n) is 4.87. The number of unbranched alkanes of at least 4 members (excludes halogenated alkanes) is 1. The zero-order valence-electron chi connectivity index (χ0n) is 22.7. The average molecular weight is 523 g/mol. The van der Waals surface area contributed by atoms with Crippen LogP contribution < -0.4 is 0 Å². The summed E-state index contributed by atoms with van der Waals surface area (Å²) in [5, 5.41) is 5.00. The third kappa shape index (κ3) is 6.76. The first-order chi connectivity index (χ1) is 18.5. The van der Waals surface area contributed by atoms with E-state index in [0.29, 0.717) is 45.8 Å². The maximum atomic E-state index is 12.7. The number of amides is 1. The Balaban J connectivity index is 1.65. The molecule has 3 aromatic rings. The molecule has 204 valence electrons. The molecular formula is C29H38N4O5. The van der Waals surface area contributed by atoms with E-state index in [0.717, 1.165) is 58.4 Å². The van der Waals surface area contributed by atoms with E-state index in [1.807, 2.05) is 30.8 Å². The Morgan fingerprint density at radius 2 is 1.92 bits per heavy atom. The van der Waals surface area contributed by atoms with Crippen molar-refractivity contribution in [1.82, 2.24) is 19.5 Å². The van der Waals surface area contributed by atoms with Crippen molar-refractivity contribution in [1.29, 1.82) is 0 Å². The predicted octanol–water partition coefficient (Wildman–Crippen LogP) is 3.92. The second-order valence-electron chi connectivity index (χ2n) is 9.52. The van der Waals surface area contributed by atoms with Gasteiger partial charge in [-0.15, -0.1) is 0 Å². The molecule has 3 aromatic heterocycles. The van der Waals surface area contributed by atoms with Crippen molar-refractivity contribution < 1.29 is 23.8 Å². The molecular weight excluding hydrogens is 484 g/mol. The van der Waals surface area contributed by atoms with Gasteiger partial charge in [0.05, 0.1) is 37.6 Å². The number of fused-ring (bicyclic) bond motifs is 1. The highest BCUT2D eigenvalue weighted by Crippen LogP contribution is 2.33. The number of hydrogen-bond donors (Lipinski definition) is 0. The van der Waals surface area contributed by atoms with Gasteiger partial charge in [-0.2, -0.15) is 5.10 Å². The van der Waals surface area contributed by atoms with Crippen LogP contribution in [-0.4, -0.2) is 70.9 Å². The molecule has 4 heterocycles. The van der Waals surface area contributed by atoms with Crippen LogP contribution in [0.4, 0.5) is 0 Å². The number of hydrogen-bond acceptors (Lipinski definition) is 7. The Morgan fingerprint density at radius 1 is 1.11 bits per heavy atom. The van der Waals surface area contributed by atoms with Crippen LogP contribution in [0.1, 0.15) is 55.6 Å². The number of ether oxygens (including phenoxy) is 3. The van der Waals surface area contributed by atoms with Crippen LogP contribution in [0.15, 0.2) is 30.6 Å². The highest BCUT2D eigenvalue weighted by molar-refractivity contribution is 5.84. The second kappa shape index (κ2) is 13.5. The Hall–Kier alpha value is -3.30. The zero-order chi connectivity index (χ0) is 26.9. The summed E-state index contributed by atoms with van der Waals surface area (Å²) in [6.07, 6.45) is 7.18. The fraction of sp³-hybridized carbons (Fsp3) is 0.517. The van der Waals surface area contributed by atoms with Crippen molar-refractivity contribution in [2.24, 2.45) is 0 Å². The lowest BCUT2D eigenvalue weighted by atomic mass is 9.95. The summed E-state index contributed by atoms with van der Waals surface area (Å²) in [7, 11) is 0. The molecule has 1 amide bonds. The molecule has 1 aliphatic rings. The number of nitrogens with zero attached hydrogens (tertiary/aromatic N) is 4. The molecule has 9 nitrogen and oxygen atoms in total. The van der Waals surface area contributed by atoms with E-state index in [2.05, 4.69) is 30.1 Å². The number of pyridine rings is 1. The van der Waals surface area contributed by atoms with Gasteiger partial charge < -0.3 is 19.1 Å². The molecule has 0 atom stereocenters. The smallest absolute Gasteiger partial charge is 0.305 e. The average Bonchev–Trinajstić information content (AvgIpc) is 3.34. The number of aromatic nitrogens is 3. The highest BCUT2D eigenvalue weighted by Gasteiger charge is 2.21. The van der Waals surface area contributed by atoms with E-state index >= 15 is 0 Å². The molecule has 1 fully saturated rings. The van der Waals surface area contributed by atoms with Crippen LogP contribution in [-0.2, 0) is 43.2 Å². The van der Waals surface area contributed by atoms with E-state index in [4.69, 9.17) is 19.3 Å². The van der Waals surface area contributed by atoms with E-state index in [1.165, 1.54) is 0 Å². The third-order valence-corrected chi connectivity index (χ3v) is 6.78. The maximum absolute atomic E-state index is 12.7. The van der Waals surface area contributed by atoms with Crippen molar-refractivity contribution in [3.63, 3.8) is 0 Å². The Bertz CT molecular complexity index is 1250. The van der Waals surface area contributed by atoms with Crippen LogP contribution in [0.25, 0.3) is 16.6 Å². The summed E-state index contributed by atoms with van der Waals surface area (Å²) in [6.45, 7) is 8.85. The first-order valence-electron chi connectivity index (χ1n) is 13.5. The van der Waals surface area contributed by atoms with E-state index in [-0.39, 0.29) is 25.1 Å². The van der Waals surface area contributed by atoms with Gasteiger partial charge in [0, 0.05) is 48.7 Å². The van der Waals surface area contributed by atoms with Crippen LogP contribution >= 0.6 is 0 Å². The quantitative estimate of drug-likeness (QED) is 0.263. The lowest BCUT2D eigenvalue weighted by Gasteiger charge is -2.26. The first kappa shape index (κ1) is 27.7. The molecule has 0 aliphatic carbocycles. The van der Waals surface area contributed by atoms with Crippen LogP contribution in [0.5, 0.6) is 0 Å². The molecule has 0 unspecified atom stereocenters. The topological polar surface area (TPSA) is 95.3 Å². The molecule has 0 radical (unpaired) electrons. The number of esters is 1. The first-order valence-corrected chi connectivity index (χ1v) is 13.5.